The molecule has 43 heavy (non-hydrogen) atoms. The van der Waals surface area contributed by atoms with E-state index in [2.05, 4.69) is 33.0 Å². The summed E-state index contributed by atoms with van der Waals surface area (Å²) in [6, 6.07) is 14.7. The summed E-state index contributed by atoms with van der Waals surface area (Å²) in [6.45, 7) is 4.68. The van der Waals surface area contributed by atoms with Crippen molar-refractivity contribution in [2.45, 2.75) is 57.5 Å². The van der Waals surface area contributed by atoms with Gasteiger partial charge in [0.1, 0.15) is 11.8 Å². The van der Waals surface area contributed by atoms with Crippen LogP contribution in [-0.2, 0) is 25.5 Å². The van der Waals surface area contributed by atoms with Gasteiger partial charge in [0.25, 0.3) is 0 Å². The standard InChI is InChI=1S/C34H44N4O5/c1-24-11-12-27(42-2)21-29(24)35-31(39)23-38-17-13-28-26(22-38)10-6-7-14-34(15-18-43-19-16-34)33(41)37-30(32(40)36-28)20-25-8-4-3-5-9-25/h3-9,11-12,21,26,28,30H,10,13-20,22-23H2,1-2H3,(H,35,39)(H,36,40)(H,37,41)/b7-6+/t26-,28+,30+/m1/s1. The maximum absolute atomic E-state index is 13.8. The highest BCUT2D eigenvalue weighted by Gasteiger charge is 2.41. The van der Waals surface area contributed by atoms with Gasteiger partial charge in [0.2, 0.25) is 17.7 Å². The Morgan fingerprint density at radius 3 is 2.65 bits per heavy atom. The number of ether oxygens (including phenoxy) is 2. The summed E-state index contributed by atoms with van der Waals surface area (Å²) in [6.07, 6.45) is 8.07. The zero-order chi connectivity index (χ0) is 30.2. The topological polar surface area (TPSA) is 109 Å². The quantitative estimate of drug-likeness (QED) is 0.445. The Labute approximate surface area is 254 Å². The molecule has 9 heteroatoms. The fourth-order valence-electron chi connectivity index (χ4n) is 6.46. The fourth-order valence-corrected chi connectivity index (χ4v) is 6.46. The summed E-state index contributed by atoms with van der Waals surface area (Å²) < 4.78 is 10.9. The summed E-state index contributed by atoms with van der Waals surface area (Å²) in [5.41, 5.74) is 2.13. The van der Waals surface area contributed by atoms with Crippen LogP contribution in [0.5, 0.6) is 5.75 Å². The van der Waals surface area contributed by atoms with Gasteiger partial charge in [-0.05, 0) is 62.1 Å². The number of amides is 3. The van der Waals surface area contributed by atoms with Crippen LogP contribution >= 0.6 is 0 Å². The monoisotopic (exact) mass is 588 g/mol. The summed E-state index contributed by atoms with van der Waals surface area (Å²) in [4.78, 5) is 42.7. The lowest BCUT2D eigenvalue weighted by molar-refractivity contribution is -0.140. The molecule has 0 bridgehead atoms. The van der Waals surface area contributed by atoms with Crippen LogP contribution in [0.25, 0.3) is 0 Å². The Morgan fingerprint density at radius 1 is 1.09 bits per heavy atom. The molecule has 3 aliphatic heterocycles. The maximum Gasteiger partial charge on any atom is 0.243 e. The van der Waals surface area contributed by atoms with E-state index in [-0.39, 0.29) is 36.2 Å². The van der Waals surface area contributed by atoms with Crippen molar-refractivity contribution in [1.82, 2.24) is 15.5 Å². The van der Waals surface area contributed by atoms with Crippen molar-refractivity contribution in [3.8, 4) is 5.75 Å². The Hall–Kier alpha value is -3.69. The van der Waals surface area contributed by atoms with Crippen LogP contribution in [0.15, 0.2) is 60.7 Å². The van der Waals surface area contributed by atoms with Crippen LogP contribution in [-0.4, -0.2) is 74.7 Å². The molecule has 2 saturated heterocycles. The van der Waals surface area contributed by atoms with Crippen LogP contribution in [0.4, 0.5) is 5.69 Å². The number of nitrogens with one attached hydrogen (secondary N) is 3. The van der Waals surface area contributed by atoms with Gasteiger partial charge in [-0.15, -0.1) is 0 Å². The van der Waals surface area contributed by atoms with E-state index in [1.165, 1.54) is 0 Å². The summed E-state index contributed by atoms with van der Waals surface area (Å²) in [7, 11) is 1.61. The van der Waals surface area contributed by atoms with Gasteiger partial charge >= 0.3 is 0 Å². The van der Waals surface area contributed by atoms with Crippen molar-refractivity contribution in [2.75, 3.05) is 45.3 Å². The van der Waals surface area contributed by atoms with Gasteiger partial charge in [-0.2, -0.15) is 0 Å². The van der Waals surface area contributed by atoms with Crippen LogP contribution in [0.1, 0.15) is 43.2 Å². The zero-order valence-corrected chi connectivity index (χ0v) is 25.3. The van der Waals surface area contributed by atoms with Crippen molar-refractivity contribution in [1.29, 1.82) is 0 Å². The molecule has 230 valence electrons. The van der Waals surface area contributed by atoms with E-state index in [4.69, 9.17) is 9.47 Å². The molecule has 3 atom stereocenters. The highest BCUT2D eigenvalue weighted by Crippen LogP contribution is 2.36. The van der Waals surface area contributed by atoms with Crippen molar-refractivity contribution >= 4 is 23.4 Å². The lowest BCUT2D eigenvalue weighted by Crippen LogP contribution is -2.58. The predicted octanol–water partition coefficient (Wildman–Crippen LogP) is 3.62. The number of nitrogens with zero attached hydrogens (tertiary/aromatic N) is 1. The van der Waals surface area contributed by atoms with Crippen LogP contribution in [0, 0.1) is 18.3 Å². The molecule has 2 aromatic carbocycles. The number of piperidine rings is 1. The fraction of sp³-hybridized carbons (Fsp3) is 0.500. The van der Waals surface area contributed by atoms with Gasteiger partial charge in [-0.1, -0.05) is 48.6 Å². The Morgan fingerprint density at radius 2 is 1.88 bits per heavy atom. The van der Waals surface area contributed by atoms with E-state index >= 15 is 0 Å². The number of allylic oxidation sites excluding steroid dienone is 2. The number of fused-ring (bicyclic) bond motifs is 1. The smallest absolute Gasteiger partial charge is 0.243 e. The molecule has 3 aliphatic rings. The summed E-state index contributed by atoms with van der Waals surface area (Å²) in [5.74, 6) is 0.536. The van der Waals surface area contributed by atoms with Crippen LogP contribution in [0.2, 0.25) is 0 Å². The van der Waals surface area contributed by atoms with E-state index in [0.29, 0.717) is 57.7 Å². The molecule has 2 aromatic rings. The second kappa shape index (κ2) is 14.2. The molecule has 2 fully saturated rings. The van der Waals surface area contributed by atoms with Crippen molar-refractivity contribution < 1.29 is 23.9 Å². The number of anilines is 1. The average molecular weight is 589 g/mol. The van der Waals surface area contributed by atoms with Gasteiger partial charge in [-0.25, -0.2) is 0 Å². The predicted molar refractivity (Wildman–Crippen MR) is 166 cm³/mol. The highest BCUT2D eigenvalue weighted by atomic mass is 16.5. The first-order valence-corrected chi connectivity index (χ1v) is 15.4. The Balaban J connectivity index is 1.31. The van der Waals surface area contributed by atoms with Gasteiger partial charge in [-0.3, -0.25) is 19.3 Å². The minimum Gasteiger partial charge on any atom is -0.497 e. The average Bonchev–Trinajstić information content (AvgIpc) is 3.01. The van der Waals surface area contributed by atoms with E-state index in [1.54, 1.807) is 7.11 Å². The third-order valence-corrected chi connectivity index (χ3v) is 9.18. The van der Waals surface area contributed by atoms with E-state index in [0.717, 1.165) is 29.7 Å². The molecule has 0 radical (unpaired) electrons. The molecule has 5 rings (SSSR count). The van der Waals surface area contributed by atoms with E-state index < -0.39 is 11.5 Å². The number of aryl methyl sites for hydroxylation is 1. The molecule has 0 unspecified atom stereocenters. The Bertz CT molecular complexity index is 1310. The number of carbonyl (C=O) groups excluding carboxylic acids is 3. The molecule has 0 aromatic heterocycles. The second-order valence-corrected chi connectivity index (χ2v) is 12.1. The highest BCUT2D eigenvalue weighted by molar-refractivity contribution is 5.93. The molecule has 9 nitrogen and oxygen atoms in total. The molecule has 3 amide bonds. The lowest BCUT2D eigenvalue weighted by Gasteiger charge is -2.40. The molecular weight excluding hydrogens is 544 g/mol. The van der Waals surface area contributed by atoms with Gasteiger partial charge in [0.15, 0.2) is 0 Å². The first-order valence-electron chi connectivity index (χ1n) is 15.4. The molecule has 0 aliphatic carbocycles. The van der Waals surface area contributed by atoms with Crippen molar-refractivity contribution in [3.63, 3.8) is 0 Å². The first kappa shape index (κ1) is 30.8. The molecule has 0 saturated carbocycles. The number of hydrogen-bond acceptors (Lipinski definition) is 6. The van der Waals surface area contributed by atoms with Gasteiger partial charge in [0.05, 0.1) is 19.1 Å². The van der Waals surface area contributed by atoms with Crippen molar-refractivity contribution in [3.05, 3.63) is 71.8 Å². The number of methoxy groups -OCH3 is 1. The molecular formula is C34H44N4O5. The third-order valence-electron chi connectivity index (χ3n) is 9.18. The second-order valence-electron chi connectivity index (χ2n) is 12.1. The third kappa shape index (κ3) is 7.83. The number of likely N-dealkylation sites (tertiary alicyclic amines) is 1. The van der Waals surface area contributed by atoms with Gasteiger partial charge in [0, 0.05) is 50.5 Å². The van der Waals surface area contributed by atoms with Gasteiger partial charge < -0.3 is 25.4 Å². The maximum atomic E-state index is 13.8. The SMILES string of the molecule is COc1ccc(C)c(NC(=O)CN2CC[C@@H]3NC(=O)[C@H](Cc4ccccc4)NC(=O)C4(C/C=C/C[C@@H]3C2)CCOCC4)c1. The minimum atomic E-state index is -0.673. The summed E-state index contributed by atoms with van der Waals surface area (Å²) >= 11 is 0. The van der Waals surface area contributed by atoms with Crippen LogP contribution in [0.3, 0.4) is 0 Å². The van der Waals surface area contributed by atoms with E-state index in [1.807, 2.05) is 55.5 Å². The zero-order valence-electron chi connectivity index (χ0n) is 25.3. The Kier molecular flexibility index (Phi) is 10.1. The molecule has 3 N–H and O–H groups in total. The minimum absolute atomic E-state index is 0.0521. The normalized spacial score (nSPS) is 25.3. The first-order chi connectivity index (χ1) is 20.8. The van der Waals surface area contributed by atoms with E-state index in [9.17, 15) is 14.4 Å². The lowest BCUT2D eigenvalue weighted by atomic mass is 9.75. The number of carbonyl (C=O) groups is 3. The number of benzene rings is 2. The van der Waals surface area contributed by atoms with Crippen molar-refractivity contribution in [2.24, 2.45) is 11.3 Å². The van der Waals surface area contributed by atoms with Crippen LogP contribution < -0.4 is 20.7 Å². The largest absolute Gasteiger partial charge is 0.497 e. The number of rotatable bonds is 6. The molecule has 3 heterocycles. The number of hydrogen-bond donors (Lipinski definition) is 3. The summed E-state index contributed by atoms with van der Waals surface area (Å²) in [5, 5.41) is 9.49. The molecule has 1 spiro atoms.